The van der Waals surface area contributed by atoms with Crippen LogP contribution in [0.15, 0.2) is 18.2 Å². The Morgan fingerprint density at radius 1 is 1.44 bits per heavy atom. The predicted molar refractivity (Wildman–Crippen MR) is 73.2 cm³/mol. The van der Waals surface area contributed by atoms with Crippen molar-refractivity contribution in [2.24, 2.45) is 0 Å². The van der Waals surface area contributed by atoms with Gasteiger partial charge in [0.15, 0.2) is 0 Å². The van der Waals surface area contributed by atoms with Crippen molar-refractivity contribution in [2.45, 2.75) is 0 Å². The summed E-state index contributed by atoms with van der Waals surface area (Å²) in [6.07, 6.45) is 5.09. The molecule has 0 spiro atoms. The van der Waals surface area contributed by atoms with Crippen LogP contribution in [0.4, 0.5) is 0 Å². The van der Waals surface area contributed by atoms with Crippen molar-refractivity contribution in [2.75, 3.05) is 13.1 Å². The average molecular weight is 359 g/mol. The van der Waals surface area contributed by atoms with E-state index in [1.54, 1.807) is 6.07 Å². The van der Waals surface area contributed by atoms with Crippen molar-refractivity contribution in [3.05, 3.63) is 27.3 Å². The minimum absolute atomic E-state index is 0.0402. The number of nitrogens with zero attached hydrogens (tertiary/aromatic N) is 1. The molecule has 6 heteroatoms. The molecule has 0 saturated heterocycles. The van der Waals surface area contributed by atoms with Crippen molar-refractivity contribution >= 4 is 34.5 Å². The molecule has 94 valence electrons. The number of halogens is 1. The number of amides is 1. The van der Waals surface area contributed by atoms with Crippen LogP contribution in [-0.4, -0.2) is 40.1 Å². The van der Waals surface area contributed by atoms with Crippen LogP contribution in [0.25, 0.3) is 0 Å². The van der Waals surface area contributed by atoms with E-state index in [1.807, 2.05) is 22.6 Å². The molecule has 0 atom stereocenters. The molecule has 0 bridgehead atoms. The van der Waals surface area contributed by atoms with E-state index in [0.717, 1.165) is 8.47 Å². The molecular formula is C12H10INO4. The van der Waals surface area contributed by atoms with Gasteiger partial charge in [-0.05, 0) is 40.8 Å². The van der Waals surface area contributed by atoms with Gasteiger partial charge in [-0.1, -0.05) is 5.92 Å². The number of carboxylic acid groups (broad SMARTS) is 1. The fourth-order valence-corrected chi connectivity index (χ4v) is 1.81. The summed E-state index contributed by atoms with van der Waals surface area (Å²) in [6, 6.07) is 4.49. The Hall–Kier alpha value is -1.75. The van der Waals surface area contributed by atoms with Gasteiger partial charge in [-0.2, -0.15) is 0 Å². The van der Waals surface area contributed by atoms with Crippen LogP contribution in [0.1, 0.15) is 10.4 Å². The molecule has 0 aliphatic rings. The molecule has 0 heterocycles. The highest BCUT2D eigenvalue weighted by molar-refractivity contribution is 14.1. The molecule has 5 nitrogen and oxygen atoms in total. The number of phenols is 1. The lowest BCUT2D eigenvalue weighted by Crippen LogP contribution is -2.36. The third-order valence-electron chi connectivity index (χ3n) is 2.08. The Kier molecular flexibility index (Phi) is 4.97. The quantitative estimate of drug-likeness (QED) is 0.625. The van der Waals surface area contributed by atoms with E-state index in [-0.39, 0.29) is 17.9 Å². The third-order valence-corrected chi connectivity index (χ3v) is 2.76. The lowest BCUT2D eigenvalue weighted by molar-refractivity contribution is -0.137. The number of aromatic hydroxyl groups is 1. The van der Waals surface area contributed by atoms with Gasteiger partial charge in [0.25, 0.3) is 5.91 Å². The highest BCUT2D eigenvalue weighted by Crippen LogP contribution is 2.21. The molecule has 0 radical (unpaired) electrons. The number of carbonyl (C=O) groups excluding carboxylic acids is 1. The summed E-state index contributed by atoms with van der Waals surface area (Å²) >= 11 is 1.99. The van der Waals surface area contributed by atoms with Gasteiger partial charge < -0.3 is 15.1 Å². The van der Waals surface area contributed by atoms with Gasteiger partial charge in [0.1, 0.15) is 12.3 Å². The molecule has 0 fully saturated rings. The first-order valence-corrected chi connectivity index (χ1v) is 5.96. The number of hydrogen-bond donors (Lipinski definition) is 2. The highest BCUT2D eigenvalue weighted by Gasteiger charge is 2.20. The van der Waals surface area contributed by atoms with Crippen molar-refractivity contribution in [3.8, 4) is 18.1 Å². The first-order valence-electron chi connectivity index (χ1n) is 4.88. The maximum atomic E-state index is 12.0. The maximum absolute atomic E-state index is 12.0. The molecule has 2 N–H and O–H groups in total. The van der Waals surface area contributed by atoms with Crippen LogP contribution in [0, 0.1) is 15.9 Å². The molecule has 0 aliphatic carbocycles. The Labute approximate surface area is 118 Å². The van der Waals surface area contributed by atoms with Crippen LogP contribution in [0.2, 0.25) is 0 Å². The second-order valence-electron chi connectivity index (χ2n) is 3.42. The average Bonchev–Trinajstić information content (AvgIpc) is 2.30. The molecule has 0 saturated carbocycles. The molecule has 1 aromatic carbocycles. The number of benzene rings is 1. The zero-order valence-electron chi connectivity index (χ0n) is 9.26. The summed E-state index contributed by atoms with van der Waals surface area (Å²) in [5.41, 5.74) is 0.0402. The van der Waals surface area contributed by atoms with Crippen molar-refractivity contribution in [1.82, 2.24) is 4.90 Å². The summed E-state index contributed by atoms with van der Waals surface area (Å²) in [4.78, 5) is 23.7. The molecule has 1 rings (SSSR count). The predicted octanol–water partition coefficient (Wildman–Crippen LogP) is 1.16. The topological polar surface area (TPSA) is 77.8 Å². The fraction of sp³-hybridized carbons (Fsp3) is 0.167. The second kappa shape index (κ2) is 6.26. The largest absolute Gasteiger partial charge is 0.507 e. The Balaban J connectivity index is 3.05. The number of phenolic OH excluding ortho intramolecular Hbond substituents is 1. The molecule has 18 heavy (non-hydrogen) atoms. The van der Waals surface area contributed by atoms with E-state index in [0.29, 0.717) is 0 Å². The first kappa shape index (κ1) is 14.3. The normalized spacial score (nSPS) is 9.56. The number of terminal acetylenes is 1. The van der Waals surface area contributed by atoms with Crippen molar-refractivity contribution < 1.29 is 19.8 Å². The number of carboxylic acids is 1. The first-order chi connectivity index (χ1) is 8.45. The van der Waals surface area contributed by atoms with E-state index in [2.05, 4.69) is 5.92 Å². The Bertz CT molecular complexity index is 521. The second-order valence-corrected chi connectivity index (χ2v) is 4.67. The van der Waals surface area contributed by atoms with Crippen molar-refractivity contribution in [3.63, 3.8) is 0 Å². The Morgan fingerprint density at radius 2 is 2.11 bits per heavy atom. The zero-order valence-corrected chi connectivity index (χ0v) is 11.4. The van der Waals surface area contributed by atoms with Crippen LogP contribution < -0.4 is 0 Å². The third kappa shape index (κ3) is 3.63. The van der Waals surface area contributed by atoms with Crippen molar-refractivity contribution in [1.29, 1.82) is 0 Å². The van der Waals surface area contributed by atoms with Crippen LogP contribution >= 0.6 is 22.6 Å². The van der Waals surface area contributed by atoms with E-state index < -0.39 is 18.4 Å². The van der Waals surface area contributed by atoms with Gasteiger partial charge in [-0.15, -0.1) is 6.42 Å². The van der Waals surface area contributed by atoms with Gasteiger partial charge in [-0.25, -0.2) is 0 Å². The number of carbonyl (C=O) groups is 2. The number of hydrogen-bond acceptors (Lipinski definition) is 3. The minimum Gasteiger partial charge on any atom is -0.507 e. The van der Waals surface area contributed by atoms with Gasteiger partial charge >= 0.3 is 5.97 Å². The Morgan fingerprint density at radius 3 is 2.67 bits per heavy atom. The number of rotatable bonds is 4. The lowest BCUT2D eigenvalue weighted by atomic mass is 10.1. The summed E-state index contributed by atoms with van der Waals surface area (Å²) in [5, 5.41) is 18.3. The van der Waals surface area contributed by atoms with Gasteiger partial charge in [-0.3, -0.25) is 9.59 Å². The van der Waals surface area contributed by atoms with Crippen LogP contribution in [0.3, 0.4) is 0 Å². The summed E-state index contributed by atoms with van der Waals surface area (Å²) in [5.74, 6) is 0.247. The van der Waals surface area contributed by atoms with Crippen LogP contribution in [0.5, 0.6) is 5.75 Å². The van der Waals surface area contributed by atoms with Gasteiger partial charge in [0.2, 0.25) is 0 Å². The van der Waals surface area contributed by atoms with Gasteiger partial charge in [0, 0.05) is 3.57 Å². The zero-order chi connectivity index (χ0) is 13.7. The fourth-order valence-electron chi connectivity index (χ4n) is 1.32. The minimum atomic E-state index is -1.16. The van der Waals surface area contributed by atoms with Crippen LogP contribution in [-0.2, 0) is 4.79 Å². The van der Waals surface area contributed by atoms with Gasteiger partial charge in [0.05, 0.1) is 12.1 Å². The van der Waals surface area contributed by atoms with E-state index in [4.69, 9.17) is 11.5 Å². The monoisotopic (exact) mass is 359 g/mol. The summed E-state index contributed by atoms with van der Waals surface area (Å²) < 4.78 is 0.754. The molecule has 0 aliphatic heterocycles. The lowest BCUT2D eigenvalue weighted by Gasteiger charge is -2.18. The molecular weight excluding hydrogens is 349 g/mol. The molecule has 0 aromatic heterocycles. The van der Waals surface area contributed by atoms with E-state index in [1.165, 1.54) is 12.1 Å². The van der Waals surface area contributed by atoms with E-state index >= 15 is 0 Å². The SMILES string of the molecule is C#CCN(CC(=O)O)C(=O)c1cc(I)ccc1O. The summed E-state index contributed by atoms with van der Waals surface area (Å²) in [6.45, 7) is -0.635. The molecule has 1 aromatic rings. The molecule has 1 amide bonds. The smallest absolute Gasteiger partial charge is 0.323 e. The maximum Gasteiger partial charge on any atom is 0.323 e. The number of aliphatic carboxylic acids is 1. The highest BCUT2D eigenvalue weighted by atomic mass is 127. The molecule has 0 unspecified atom stereocenters. The standard InChI is InChI=1S/C12H10INO4/c1-2-5-14(7-11(16)17)12(18)9-6-8(13)3-4-10(9)15/h1,3-4,6,15H,5,7H2,(H,16,17). The summed E-state index contributed by atoms with van der Waals surface area (Å²) in [7, 11) is 0. The van der Waals surface area contributed by atoms with E-state index in [9.17, 15) is 14.7 Å².